The van der Waals surface area contributed by atoms with Crippen LogP contribution in [-0.4, -0.2) is 47.2 Å². The average Bonchev–Trinajstić information content (AvgIpc) is 2.55. The average molecular weight is 395 g/mol. The number of nitrogens with zero attached hydrogens (tertiary/aromatic N) is 2. The molecular formula is C20H27ClN2O4. The van der Waals surface area contributed by atoms with Gasteiger partial charge in [0.2, 0.25) is 0 Å². The smallest absolute Gasteiger partial charge is 0.410 e. The summed E-state index contributed by atoms with van der Waals surface area (Å²) in [5.74, 6) is 0.562. The third-order valence-corrected chi connectivity index (χ3v) is 5.00. The van der Waals surface area contributed by atoms with Gasteiger partial charge in [0.1, 0.15) is 11.4 Å². The minimum Gasteiger partial charge on any atom is -0.476 e. The molecule has 2 heterocycles. The summed E-state index contributed by atoms with van der Waals surface area (Å²) >= 11 is 6.16. The third kappa shape index (κ3) is 4.15. The number of hydrogen-bond acceptors (Lipinski definition) is 4. The second-order valence-electron chi connectivity index (χ2n) is 8.60. The SMILES string of the molecule is CC(C)(C)OC(=O)N1CCC(N2C(=O)C(C)(C)Oc3ccc(Cl)cc32)CC1. The van der Waals surface area contributed by atoms with Crippen molar-refractivity contribution in [2.24, 2.45) is 0 Å². The number of rotatable bonds is 1. The zero-order valence-corrected chi connectivity index (χ0v) is 17.3. The van der Waals surface area contributed by atoms with Crippen LogP contribution in [-0.2, 0) is 9.53 Å². The van der Waals surface area contributed by atoms with E-state index in [1.165, 1.54) is 0 Å². The first-order chi connectivity index (χ1) is 12.5. The predicted molar refractivity (Wildman–Crippen MR) is 104 cm³/mol. The molecular weight excluding hydrogens is 368 g/mol. The van der Waals surface area contributed by atoms with Crippen molar-refractivity contribution in [2.75, 3.05) is 18.0 Å². The molecule has 148 valence electrons. The van der Waals surface area contributed by atoms with Crippen molar-refractivity contribution in [3.63, 3.8) is 0 Å². The van der Waals surface area contributed by atoms with Crippen molar-refractivity contribution < 1.29 is 19.1 Å². The van der Waals surface area contributed by atoms with E-state index in [1.807, 2.05) is 20.8 Å². The van der Waals surface area contributed by atoms with E-state index in [1.54, 1.807) is 41.8 Å². The van der Waals surface area contributed by atoms with Gasteiger partial charge in [-0.2, -0.15) is 0 Å². The Morgan fingerprint density at radius 1 is 1.26 bits per heavy atom. The van der Waals surface area contributed by atoms with E-state index in [2.05, 4.69) is 0 Å². The lowest BCUT2D eigenvalue weighted by atomic mass is 9.96. The largest absolute Gasteiger partial charge is 0.476 e. The van der Waals surface area contributed by atoms with E-state index in [9.17, 15) is 9.59 Å². The molecule has 0 unspecified atom stereocenters. The van der Waals surface area contributed by atoms with Crippen molar-refractivity contribution in [2.45, 2.75) is 64.7 Å². The summed E-state index contributed by atoms with van der Waals surface area (Å²) < 4.78 is 11.3. The Hall–Kier alpha value is -1.95. The molecule has 0 N–H and O–H groups in total. The first kappa shape index (κ1) is 19.8. The second-order valence-corrected chi connectivity index (χ2v) is 9.03. The molecule has 27 heavy (non-hydrogen) atoms. The van der Waals surface area contributed by atoms with Crippen LogP contribution in [0.3, 0.4) is 0 Å². The first-order valence-electron chi connectivity index (χ1n) is 9.28. The zero-order valence-electron chi connectivity index (χ0n) is 16.5. The summed E-state index contributed by atoms with van der Waals surface area (Å²) in [4.78, 5) is 28.9. The fourth-order valence-corrected chi connectivity index (χ4v) is 3.65. The number of amides is 2. The number of hydrogen-bond donors (Lipinski definition) is 0. The fourth-order valence-electron chi connectivity index (χ4n) is 3.48. The summed E-state index contributed by atoms with van der Waals surface area (Å²) in [6.45, 7) is 10.2. The monoisotopic (exact) mass is 394 g/mol. The van der Waals surface area contributed by atoms with E-state index < -0.39 is 11.2 Å². The molecule has 0 aromatic heterocycles. The van der Waals surface area contributed by atoms with Gasteiger partial charge in [-0.3, -0.25) is 4.79 Å². The highest BCUT2D eigenvalue weighted by Gasteiger charge is 2.44. The summed E-state index contributed by atoms with van der Waals surface area (Å²) in [7, 11) is 0. The van der Waals surface area contributed by atoms with Crippen molar-refractivity contribution in [3.8, 4) is 5.75 Å². The number of likely N-dealkylation sites (tertiary alicyclic amines) is 1. The minimum atomic E-state index is -0.941. The highest BCUT2D eigenvalue weighted by Crippen LogP contribution is 2.41. The Kier molecular flexibility index (Phi) is 5.06. The van der Waals surface area contributed by atoms with Crippen LogP contribution in [0.2, 0.25) is 5.02 Å². The maximum atomic E-state index is 13.1. The van der Waals surface area contributed by atoms with Gasteiger partial charge in [-0.1, -0.05) is 11.6 Å². The lowest BCUT2D eigenvalue weighted by molar-refractivity contribution is -0.133. The molecule has 0 atom stereocenters. The summed E-state index contributed by atoms with van der Waals surface area (Å²) in [5.41, 5.74) is -0.765. The first-order valence-corrected chi connectivity index (χ1v) is 9.66. The van der Waals surface area contributed by atoms with Crippen LogP contribution < -0.4 is 9.64 Å². The van der Waals surface area contributed by atoms with Crippen LogP contribution in [0.5, 0.6) is 5.75 Å². The van der Waals surface area contributed by atoms with Crippen molar-refractivity contribution in [1.82, 2.24) is 4.90 Å². The topological polar surface area (TPSA) is 59.1 Å². The number of carbonyl (C=O) groups is 2. The van der Waals surface area contributed by atoms with E-state index in [0.717, 1.165) is 0 Å². The van der Waals surface area contributed by atoms with Gasteiger partial charge in [-0.15, -0.1) is 0 Å². The molecule has 1 aromatic rings. The van der Waals surface area contributed by atoms with Gasteiger partial charge in [0, 0.05) is 24.2 Å². The molecule has 0 saturated carbocycles. The zero-order chi connectivity index (χ0) is 20.0. The lowest BCUT2D eigenvalue weighted by Crippen LogP contribution is -2.58. The fraction of sp³-hybridized carbons (Fsp3) is 0.600. The molecule has 0 bridgehead atoms. The Balaban J connectivity index is 1.78. The Morgan fingerprint density at radius 2 is 1.89 bits per heavy atom. The number of piperidine rings is 1. The normalized spacial score (nSPS) is 20.1. The molecule has 0 spiro atoms. The Bertz CT molecular complexity index is 749. The maximum Gasteiger partial charge on any atom is 0.410 e. The minimum absolute atomic E-state index is 0.0171. The molecule has 3 rings (SSSR count). The number of ether oxygens (including phenoxy) is 2. The highest BCUT2D eigenvalue weighted by molar-refractivity contribution is 6.31. The number of anilines is 1. The van der Waals surface area contributed by atoms with E-state index in [4.69, 9.17) is 21.1 Å². The number of halogens is 1. The van der Waals surface area contributed by atoms with Crippen LogP contribution in [0.1, 0.15) is 47.5 Å². The van der Waals surface area contributed by atoms with E-state index in [-0.39, 0.29) is 18.0 Å². The van der Waals surface area contributed by atoms with Crippen LogP contribution in [0.25, 0.3) is 0 Å². The molecule has 2 aliphatic rings. The molecule has 2 amide bonds. The van der Waals surface area contributed by atoms with Gasteiger partial charge in [0.25, 0.3) is 5.91 Å². The van der Waals surface area contributed by atoms with Crippen LogP contribution in [0, 0.1) is 0 Å². The highest BCUT2D eigenvalue weighted by atomic mass is 35.5. The van der Waals surface area contributed by atoms with Gasteiger partial charge in [0.05, 0.1) is 5.69 Å². The van der Waals surface area contributed by atoms with Crippen molar-refractivity contribution >= 4 is 29.3 Å². The third-order valence-electron chi connectivity index (χ3n) is 4.76. The maximum absolute atomic E-state index is 13.1. The van der Waals surface area contributed by atoms with Gasteiger partial charge in [-0.05, 0) is 65.7 Å². The van der Waals surface area contributed by atoms with E-state index in [0.29, 0.717) is 42.4 Å². The molecule has 1 aromatic carbocycles. The van der Waals surface area contributed by atoms with Gasteiger partial charge < -0.3 is 19.3 Å². The predicted octanol–water partition coefficient (Wildman–Crippen LogP) is 4.24. The molecule has 6 nitrogen and oxygen atoms in total. The van der Waals surface area contributed by atoms with Crippen LogP contribution >= 0.6 is 11.6 Å². The molecule has 2 aliphatic heterocycles. The van der Waals surface area contributed by atoms with Crippen LogP contribution in [0.4, 0.5) is 10.5 Å². The van der Waals surface area contributed by atoms with Gasteiger partial charge >= 0.3 is 6.09 Å². The van der Waals surface area contributed by atoms with Crippen molar-refractivity contribution in [3.05, 3.63) is 23.2 Å². The van der Waals surface area contributed by atoms with Crippen LogP contribution in [0.15, 0.2) is 18.2 Å². The molecule has 1 saturated heterocycles. The van der Waals surface area contributed by atoms with Gasteiger partial charge in [0.15, 0.2) is 5.60 Å². The van der Waals surface area contributed by atoms with Crippen molar-refractivity contribution in [1.29, 1.82) is 0 Å². The summed E-state index contributed by atoms with van der Waals surface area (Å²) in [6.07, 6.45) is 1.04. The molecule has 0 radical (unpaired) electrons. The molecule has 0 aliphatic carbocycles. The lowest BCUT2D eigenvalue weighted by Gasteiger charge is -2.45. The number of benzene rings is 1. The number of fused-ring (bicyclic) bond motifs is 1. The second kappa shape index (κ2) is 6.89. The standard InChI is InChI=1S/C20H27ClN2O4/c1-19(2,3)27-18(25)22-10-8-14(9-11-22)23-15-12-13(21)6-7-16(15)26-20(4,5)17(23)24/h6-7,12,14H,8-11H2,1-5H3. The Labute approximate surface area is 165 Å². The van der Waals surface area contributed by atoms with E-state index >= 15 is 0 Å². The van der Waals surface area contributed by atoms with Gasteiger partial charge in [-0.25, -0.2) is 4.79 Å². The summed E-state index contributed by atoms with van der Waals surface area (Å²) in [5, 5.41) is 0.557. The Morgan fingerprint density at radius 3 is 2.48 bits per heavy atom. The molecule has 1 fully saturated rings. The number of carbonyl (C=O) groups excluding carboxylic acids is 2. The molecule has 7 heteroatoms. The quantitative estimate of drug-likeness (QED) is 0.714. The summed E-state index contributed by atoms with van der Waals surface area (Å²) in [6, 6.07) is 5.31.